The summed E-state index contributed by atoms with van der Waals surface area (Å²) in [5.41, 5.74) is 8.35. The van der Waals surface area contributed by atoms with Crippen LogP contribution < -0.4 is 10.6 Å². The van der Waals surface area contributed by atoms with E-state index in [1.807, 2.05) is 6.92 Å². The fourth-order valence-corrected chi connectivity index (χ4v) is 2.09. The smallest absolute Gasteiger partial charge is 0.258 e. The van der Waals surface area contributed by atoms with Crippen molar-refractivity contribution in [3.05, 3.63) is 52.8 Å². The van der Waals surface area contributed by atoms with Gasteiger partial charge in [-0.1, -0.05) is 11.6 Å². The first-order valence-electron chi connectivity index (χ1n) is 5.74. The molecule has 98 valence electrons. The van der Waals surface area contributed by atoms with Crippen molar-refractivity contribution in [2.45, 2.75) is 6.92 Å². The van der Waals surface area contributed by atoms with Crippen molar-refractivity contribution in [1.82, 2.24) is 4.98 Å². The standard InChI is InChI=1S/C14H14ClN3O/c1-9-7-10(15)3-4-11(9)14(19)18(2)13-5-6-17-8-12(13)16/h3-8H,16H2,1-2H3. The van der Waals surface area contributed by atoms with Gasteiger partial charge in [-0.2, -0.15) is 0 Å². The summed E-state index contributed by atoms with van der Waals surface area (Å²) in [5.74, 6) is -0.132. The molecule has 0 saturated carbocycles. The molecule has 4 nitrogen and oxygen atoms in total. The Morgan fingerprint density at radius 1 is 1.37 bits per heavy atom. The van der Waals surface area contributed by atoms with E-state index >= 15 is 0 Å². The second kappa shape index (κ2) is 5.28. The van der Waals surface area contributed by atoms with E-state index in [0.29, 0.717) is 22.0 Å². The number of nitrogens with two attached hydrogens (primary N) is 1. The minimum Gasteiger partial charge on any atom is -0.396 e. The van der Waals surface area contributed by atoms with Gasteiger partial charge in [0.2, 0.25) is 0 Å². The van der Waals surface area contributed by atoms with E-state index in [-0.39, 0.29) is 5.91 Å². The molecule has 0 unspecified atom stereocenters. The topological polar surface area (TPSA) is 59.2 Å². The molecule has 1 heterocycles. The average Bonchev–Trinajstić information content (AvgIpc) is 2.38. The lowest BCUT2D eigenvalue weighted by molar-refractivity contribution is 0.0992. The quantitative estimate of drug-likeness (QED) is 0.917. The van der Waals surface area contributed by atoms with Gasteiger partial charge < -0.3 is 10.6 Å². The molecule has 0 aliphatic heterocycles. The second-order valence-corrected chi connectivity index (χ2v) is 4.69. The van der Waals surface area contributed by atoms with Crippen LogP contribution in [0.25, 0.3) is 0 Å². The first-order valence-corrected chi connectivity index (χ1v) is 6.12. The van der Waals surface area contributed by atoms with Gasteiger partial charge in [0.15, 0.2) is 0 Å². The maximum absolute atomic E-state index is 12.4. The van der Waals surface area contributed by atoms with Crippen LogP contribution in [0.15, 0.2) is 36.7 Å². The highest BCUT2D eigenvalue weighted by Gasteiger charge is 2.17. The number of anilines is 2. The number of carbonyl (C=O) groups is 1. The Morgan fingerprint density at radius 3 is 2.74 bits per heavy atom. The number of hydrogen-bond donors (Lipinski definition) is 1. The number of nitrogens with zero attached hydrogens (tertiary/aromatic N) is 2. The molecule has 0 spiro atoms. The third-order valence-electron chi connectivity index (χ3n) is 2.91. The highest BCUT2D eigenvalue weighted by Crippen LogP contribution is 2.23. The van der Waals surface area contributed by atoms with Gasteiger partial charge in [-0.3, -0.25) is 9.78 Å². The molecule has 0 fully saturated rings. The monoisotopic (exact) mass is 275 g/mol. The first kappa shape index (κ1) is 13.4. The molecule has 5 heteroatoms. The summed E-state index contributed by atoms with van der Waals surface area (Å²) in [4.78, 5) is 17.9. The van der Waals surface area contributed by atoms with Gasteiger partial charge in [0.25, 0.3) is 5.91 Å². The highest BCUT2D eigenvalue weighted by atomic mass is 35.5. The molecule has 0 radical (unpaired) electrons. The maximum Gasteiger partial charge on any atom is 0.258 e. The van der Waals surface area contributed by atoms with Crippen molar-refractivity contribution in [2.24, 2.45) is 0 Å². The summed E-state index contributed by atoms with van der Waals surface area (Å²) in [6.07, 6.45) is 3.12. The summed E-state index contributed by atoms with van der Waals surface area (Å²) in [7, 11) is 1.68. The van der Waals surface area contributed by atoms with Crippen LogP contribution in [-0.4, -0.2) is 17.9 Å². The molecule has 1 aromatic carbocycles. The van der Waals surface area contributed by atoms with Gasteiger partial charge >= 0.3 is 0 Å². The number of halogens is 1. The van der Waals surface area contributed by atoms with E-state index in [0.717, 1.165) is 5.56 Å². The van der Waals surface area contributed by atoms with E-state index < -0.39 is 0 Å². The Kier molecular flexibility index (Phi) is 3.71. The van der Waals surface area contributed by atoms with Gasteiger partial charge in [0, 0.05) is 23.8 Å². The van der Waals surface area contributed by atoms with Crippen LogP contribution in [0.1, 0.15) is 15.9 Å². The number of amides is 1. The molecule has 0 bridgehead atoms. The molecule has 1 amide bonds. The van der Waals surface area contributed by atoms with Crippen LogP contribution in [0.3, 0.4) is 0 Å². The largest absolute Gasteiger partial charge is 0.396 e. The molecule has 0 aliphatic carbocycles. The normalized spacial score (nSPS) is 10.3. The highest BCUT2D eigenvalue weighted by molar-refractivity contribution is 6.30. The number of carbonyl (C=O) groups excluding carboxylic acids is 1. The Labute approximate surface area is 116 Å². The number of rotatable bonds is 2. The Balaban J connectivity index is 2.37. The van der Waals surface area contributed by atoms with Crippen LogP contribution >= 0.6 is 11.6 Å². The molecular weight excluding hydrogens is 262 g/mol. The zero-order valence-electron chi connectivity index (χ0n) is 10.7. The molecule has 2 N–H and O–H groups in total. The van der Waals surface area contributed by atoms with Crippen LogP contribution in [0.2, 0.25) is 5.02 Å². The van der Waals surface area contributed by atoms with Crippen LogP contribution in [-0.2, 0) is 0 Å². The van der Waals surface area contributed by atoms with E-state index in [1.165, 1.54) is 11.1 Å². The lowest BCUT2D eigenvalue weighted by Gasteiger charge is -2.19. The summed E-state index contributed by atoms with van der Waals surface area (Å²) in [6.45, 7) is 1.85. The maximum atomic E-state index is 12.4. The third kappa shape index (κ3) is 2.69. The number of pyridine rings is 1. The van der Waals surface area contributed by atoms with Crippen molar-refractivity contribution < 1.29 is 4.79 Å². The summed E-state index contributed by atoms with van der Waals surface area (Å²) in [5, 5.41) is 0.611. The average molecular weight is 276 g/mol. The molecular formula is C14H14ClN3O. The first-order chi connectivity index (χ1) is 9.00. The van der Waals surface area contributed by atoms with E-state index in [1.54, 1.807) is 37.5 Å². The van der Waals surface area contributed by atoms with Crippen molar-refractivity contribution in [3.63, 3.8) is 0 Å². The fraction of sp³-hybridized carbons (Fsp3) is 0.143. The van der Waals surface area contributed by atoms with Crippen molar-refractivity contribution >= 4 is 28.9 Å². The van der Waals surface area contributed by atoms with Crippen molar-refractivity contribution in [1.29, 1.82) is 0 Å². The van der Waals surface area contributed by atoms with Gasteiger partial charge in [0.1, 0.15) is 0 Å². The van der Waals surface area contributed by atoms with Gasteiger partial charge in [-0.05, 0) is 36.8 Å². The van der Waals surface area contributed by atoms with Crippen LogP contribution in [0.5, 0.6) is 0 Å². The molecule has 0 aliphatic rings. The SMILES string of the molecule is Cc1cc(Cl)ccc1C(=O)N(C)c1ccncc1N. The van der Waals surface area contributed by atoms with E-state index in [4.69, 9.17) is 17.3 Å². The third-order valence-corrected chi connectivity index (χ3v) is 3.15. The van der Waals surface area contributed by atoms with Gasteiger partial charge in [-0.15, -0.1) is 0 Å². The summed E-state index contributed by atoms with van der Waals surface area (Å²) >= 11 is 5.89. The number of aromatic nitrogens is 1. The van der Waals surface area contributed by atoms with Crippen LogP contribution in [0.4, 0.5) is 11.4 Å². The molecule has 0 saturated heterocycles. The molecule has 2 aromatic rings. The lowest BCUT2D eigenvalue weighted by Crippen LogP contribution is -2.27. The number of hydrogen-bond acceptors (Lipinski definition) is 3. The van der Waals surface area contributed by atoms with Gasteiger partial charge in [-0.25, -0.2) is 0 Å². The molecule has 0 atom stereocenters. The van der Waals surface area contributed by atoms with E-state index in [2.05, 4.69) is 4.98 Å². The summed E-state index contributed by atoms with van der Waals surface area (Å²) < 4.78 is 0. The van der Waals surface area contributed by atoms with Crippen LogP contribution in [0, 0.1) is 6.92 Å². The predicted molar refractivity (Wildman–Crippen MR) is 77.6 cm³/mol. The second-order valence-electron chi connectivity index (χ2n) is 4.26. The zero-order valence-corrected chi connectivity index (χ0v) is 11.5. The number of benzene rings is 1. The molecule has 1 aromatic heterocycles. The lowest BCUT2D eigenvalue weighted by atomic mass is 10.1. The van der Waals surface area contributed by atoms with Gasteiger partial charge in [0.05, 0.1) is 17.6 Å². The zero-order chi connectivity index (χ0) is 14.0. The minimum atomic E-state index is -0.132. The predicted octanol–water partition coefficient (Wildman–Crippen LogP) is 2.90. The Morgan fingerprint density at radius 2 is 2.11 bits per heavy atom. The molecule has 19 heavy (non-hydrogen) atoms. The molecule has 2 rings (SSSR count). The Hall–Kier alpha value is -2.07. The number of nitrogen functional groups attached to an aromatic ring is 1. The fourth-order valence-electron chi connectivity index (χ4n) is 1.86. The Bertz CT molecular complexity index is 628. The van der Waals surface area contributed by atoms with E-state index in [9.17, 15) is 4.79 Å². The van der Waals surface area contributed by atoms with Crippen molar-refractivity contribution in [3.8, 4) is 0 Å². The van der Waals surface area contributed by atoms with Crippen molar-refractivity contribution in [2.75, 3.05) is 17.7 Å². The minimum absolute atomic E-state index is 0.132. The summed E-state index contributed by atoms with van der Waals surface area (Å²) in [6, 6.07) is 6.89. The number of aryl methyl sites for hydroxylation is 1.